The minimum atomic E-state index is -1.25. The van der Waals surface area contributed by atoms with Gasteiger partial charge in [0.1, 0.15) is 42.3 Å². The Morgan fingerprint density at radius 2 is 0.984 bits per heavy atom. The highest BCUT2D eigenvalue weighted by Crippen LogP contribution is 2.13. The van der Waals surface area contributed by atoms with Gasteiger partial charge in [-0.2, -0.15) is 11.8 Å². The van der Waals surface area contributed by atoms with Crippen LogP contribution in [0.3, 0.4) is 0 Å². The highest BCUT2D eigenvalue weighted by Gasteiger charge is 2.35. The molecule has 0 radical (unpaired) electrons. The SMILES string of the molecule is CCC(C)C(NC(=O)C(NC(=O)C(NC(=O)CNC(=O)CNC(=O)C(NC(=O)C(CCSC)NC(=O)C(CC(C)C)NC(=O)CN)C(C)C)C(C)C)C(C)C)C(=O)NC(C)C(=O)O. The van der Waals surface area contributed by atoms with E-state index in [1.54, 1.807) is 55.4 Å². The zero-order chi connectivity index (χ0) is 48.7. The minimum absolute atomic E-state index is 0.0307. The number of carboxylic acid groups (broad SMARTS) is 1. The fraction of sp³-hybridized carbons (Fsp3) is 0.756. The van der Waals surface area contributed by atoms with Gasteiger partial charge >= 0.3 is 5.97 Å². The Bertz CT molecular complexity index is 1580. The van der Waals surface area contributed by atoms with Crippen LogP contribution in [0.4, 0.5) is 0 Å². The molecule has 0 aromatic carbocycles. The summed E-state index contributed by atoms with van der Waals surface area (Å²) >= 11 is 1.44. The van der Waals surface area contributed by atoms with E-state index in [9.17, 15) is 53.1 Å². The average Bonchev–Trinajstić information content (AvgIpc) is 3.20. The molecule has 360 valence electrons. The van der Waals surface area contributed by atoms with Crippen LogP contribution in [0.2, 0.25) is 0 Å². The molecule has 8 unspecified atom stereocenters. The molecule has 9 amide bonds. The van der Waals surface area contributed by atoms with E-state index >= 15 is 0 Å². The Morgan fingerprint density at radius 1 is 0.524 bits per heavy atom. The zero-order valence-electron chi connectivity index (χ0n) is 38.9. The lowest BCUT2D eigenvalue weighted by Gasteiger charge is -2.30. The summed E-state index contributed by atoms with van der Waals surface area (Å²) in [6, 6.07) is -7.71. The maximum absolute atomic E-state index is 13.5. The van der Waals surface area contributed by atoms with Crippen molar-refractivity contribution in [3.05, 3.63) is 0 Å². The first-order chi connectivity index (χ1) is 29.3. The molecular formula is C41H74N10O11S. The van der Waals surface area contributed by atoms with E-state index in [-0.39, 0.29) is 24.8 Å². The molecule has 0 aliphatic rings. The van der Waals surface area contributed by atoms with Crippen LogP contribution in [0.1, 0.15) is 95.4 Å². The van der Waals surface area contributed by atoms with Gasteiger partial charge in [0.05, 0.1) is 19.6 Å². The van der Waals surface area contributed by atoms with Gasteiger partial charge in [0.2, 0.25) is 53.2 Å². The van der Waals surface area contributed by atoms with Crippen LogP contribution in [-0.2, 0) is 47.9 Å². The van der Waals surface area contributed by atoms with E-state index in [4.69, 9.17) is 5.73 Å². The van der Waals surface area contributed by atoms with Gasteiger partial charge < -0.3 is 58.7 Å². The number of rotatable bonds is 29. The number of hydrogen-bond acceptors (Lipinski definition) is 12. The van der Waals surface area contributed by atoms with Crippen molar-refractivity contribution in [2.75, 3.05) is 31.6 Å². The van der Waals surface area contributed by atoms with Crippen molar-refractivity contribution in [2.45, 2.75) is 138 Å². The molecule has 0 saturated heterocycles. The van der Waals surface area contributed by atoms with Crippen LogP contribution in [0, 0.1) is 29.6 Å². The fourth-order valence-corrected chi connectivity index (χ4v) is 6.36. The normalized spacial score (nSPS) is 15.1. The standard InChI is InChI=1S/C41H74N10O11S/c1-13-24(10)34(40(60)45-25(11)41(61)62)51-39(59)33(23(8)9)50-38(58)32(22(6)7)48-30(54)19-43-29(53)18-44-37(57)31(21(4)5)49-35(55)26(14-15-63-12)47-36(56)27(16-20(2)3)46-28(52)17-42/h20-27,31-34H,13-19,42H2,1-12H3,(H,43,53)(H,44,57)(H,45,60)(H,46,52)(H,47,56)(H,48,54)(H,49,55)(H,50,58)(H,51,59)(H,61,62). The predicted molar refractivity (Wildman–Crippen MR) is 238 cm³/mol. The number of carbonyl (C=O) groups is 10. The smallest absolute Gasteiger partial charge is 0.325 e. The Balaban J connectivity index is 5.61. The lowest BCUT2D eigenvalue weighted by atomic mass is 9.95. The van der Waals surface area contributed by atoms with Crippen molar-refractivity contribution >= 4 is 70.9 Å². The molecule has 8 atom stereocenters. The number of nitrogens with two attached hydrogens (primary N) is 1. The van der Waals surface area contributed by atoms with Gasteiger partial charge in [0.25, 0.3) is 0 Å². The molecule has 0 aromatic rings. The molecular weight excluding hydrogens is 841 g/mol. The second-order valence-corrected chi connectivity index (χ2v) is 18.0. The lowest BCUT2D eigenvalue weighted by molar-refractivity contribution is -0.142. The summed E-state index contributed by atoms with van der Waals surface area (Å²) in [7, 11) is 0. The molecule has 0 heterocycles. The molecule has 0 bridgehead atoms. The fourth-order valence-electron chi connectivity index (χ4n) is 5.89. The maximum Gasteiger partial charge on any atom is 0.325 e. The molecule has 0 aromatic heterocycles. The number of nitrogens with one attached hydrogen (secondary N) is 9. The number of thioether (sulfide) groups is 1. The number of carboxylic acids is 1. The van der Waals surface area contributed by atoms with E-state index in [2.05, 4.69) is 47.9 Å². The van der Waals surface area contributed by atoms with Gasteiger partial charge in [0.15, 0.2) is 0 Å². The van der Waals surface area contributed by atoms with Crippen molar-refractivity contribution < 1.29 is 53.1 Å². The van der Waals surface area contributed by atoms with E-state index < -0.39 is 132 Å². The number of carbonyl (C=O) groups excluding carboxylic acids is 9. The first-order valence-corrected chi connectivity index (χ1v) is 22.8. The number of hydrogen-bond donors (Lipinski definition) is 11. The van der Waals surface area contributed by atoms with Crippen molar-refractivity contribution in [2.24, 2.45) is 35.3 Å². The topological polar surface area (TPSA) is 325 Å². The average molecular weight is 915 g/mol. The van der Waals surface area contributed by atoms with Gasteiger partial charge in [-0.1, -0.05) is 75.7 Å². The molecule has 0 fully saturated rings. The molecule has 22 heteroatoms. The summed E-state index contributed by atoms with van der Waals surface area (Å²) in [5.74, 6) is -8.57. The molecule has 0 spiro atoms. The van der Waals surface area contributed by atoms with Crippen LogP contribution >= 0.6 is 11.8 Å². The molecule has 0 rings (SSSR count). The molecule has 12 N–H and O–H groups in total. The number of amides is 9. The van der Waals surface area contributed by atoms with Crippen LogP contribution in [-0.4, -0.2) is 138 Å². The predicted octanol–water partition coefficient (Wildman–Crippen LogP) is -1.51. The third kappa shape index (κ3) is 21.8. The second kappa shape index (κ2) is 29.4. The molecule has 63 heavy (non-hydrogen) atoms. The Labute approximate surface area is 375 Å². The van der Waals surface area contributed by atoms with Crippen molar-refractivity contribution in [3.63, 3.8) is 0 Å². The maximum atomic E-state index is 13.5. The quantitative estimate of drug-likeness (QED) is 0.0407. The van der Waals surface area contributed by atoms with Crippen LogP contribution in [0.15, 0.2) is 0 Å². The van der Waals surface area contributed by atoms with Gasteiger partial charge in [-0.05, 0) is 61.4 Å². The van der Waals surface area contributed by atoms with Crippen LogP contribution in [0.25, 0.3) is 0 Å². The van der Waals surface area contributed by atoms with Crippen LogP contribution in [0.5, 0.6) is 0 Å². The van der Waals surface area contributed by atoms with Gasteiger partial charge in [-0.3, -0.25) is 47.9 Å². The Hall–Kier alpha value is -4.99. The number of aliphatic carboxylic acids is 1. The first kappa shape index (κ1) is 58.0. The third-order valence-electron chi connectivity index (χ3n) is 9.94. The van der Waals surface area contributed by atoms with Crippen LogP contribution < -0.4 is 53.6 Å². The molecule has 0 aliphatic carbocycles. The minimum Gasteiger partial charge on any atom is -0.480 e. The van der Waals surface area contributed by atoms with Crippen molar-refractivity contribution in [3.8, 4) is 0 Å². The summed E-state index contributed by atoms with van der Waals surface area (Å²) in [5, 5.41) is 32.2. The molecule has 0 saturated carbocycles. The van der Waals surface area contributed by atoms with Gasteiger partial charge in [0, 0.05) is 0 Å². The zero-order valence-corrected chi connectivity index (χ0v) is 39.7. The molecule has 0 aliphatic heterocycles. The third-order valence-corrected chi connectivity index (χ3v) is 10.6. The van der Waals surface area contributed by atoms with E-state index in [0.29, 0.717) is 18.6 Å². The first-order valence-electron chi connectivity index (χ1n) is 21.4. The van der Waals surface area contributed by atoms with E-state index in [0.717, 1.165) is 0 Å². The van der Waals surface area contributed by atoms with Crippen molar-refractivity contribution in [1.82, 2.24) is 47.9 Å². The summed E-state index contributed by atoms with van der Waals surface area (Å²) in [4.78, 5) is 129. The summed E-state index contributed by atoms with van der Waals surface area (Å²) in [5.41, 5.74) is 5.42. The molecule has 21 nitrogen and oxygen atoms in total. The second-order valence-electron chi connectivity index (χ2n) is 17.0. The highest BCUT2D eigenvalue weighted by atomic mass is 32.2. The van der Waals surface area contributed by atoms with E-state index in [1.165, 1.54) is 18.7 Å². The van der Waals surface area contributed by atoms with E-state index in [1.807, 2.05) is 20.1 Å². The summed E-state index contributed by atoms with van der Waals surface area (Å²) < 4.78 is 0. The van der Waals surface area contributed by atoms with Gasteiger partial charge in [-0.25, -0.2) is 0 Å². The van der Waals surface area contributed by atoms with Crippen molar-refractivity contribution in [1.29, 1.82) is 0 Å². The Kier molecular flexibility index (Phi) is 27.1. The lowest BCUT2D eigenvalue weighted by Crippen LogP contribution is -2.61. The summed E-state index contributed by atoms with van der Waals surface area (Å²) in [6.45, 7) is 17.1. The monoisotopic (exact) mass is 915 g/mol. The highest BCUT2D eigenvalue weighted by molar-refractivity contribution is 7.98. The largest absolute Gasteiger partial charge is 0.480 e. The van der Waals surface area contributed by atoms with Gasteiger partial charge in [-0.15, -0.1) is 0 Å². The Morgan fingerprint density at radius 3 is 1.46 bits per heavy atom. The summed E-state index contributed by atoms with van der Waals surface area (Å²) in [6.07, 6.45) is 2.82.